The number of carbonyl (C=O) groups is 1. The molecule has 1 atom stereocenters. The molecular weight excluding hydrogens is 266 g/mol. The van der Waals surface area contributed by atoms with Crippen molar-refractivity contribution >= 4 is 23.3 Å². The first kappa shape index (κ1) is 14.5. The molecule has 0 aliphatic carbocycles. The Hall–Kier alpha value is -1.87. The molecule has 0 spiro atoms. The van der Waals surface area contributed by atoms with Gasteiger partial charge in [-0.05, 0) is 41.5 Å². The summed E-state index contributed by atoms with van der Waals surface area (Å²) in [6.45, 7) is 4.81. The minimum absolute atomic E-state index is 0.0411. The zero-order chi connectivity index (χ0) is 14.4. The summed E-state index contributed by atoms with van der Waals surface area (Å²) in [6.07, 6.45) is 3.49. The second-order valence-electron chi connectivity index (χ2n) is 4.86. The largest absolute Gasteiger partial charge is 0.352 e. The minimum Gasteiger partial charge on any atom is -0.352 e. The van der Waals surface area contributed by atoms with E-state index in [4.69, 9.17) is 0 Å². The Balaban J connectivity index is 1.84. The maximum atomic E-state index is 11.8. The van der Waals surface area contributed by atoms with Crippen LogP contribution in [0.25, 0.3) is 6.08 Å². The molecule has 0 unspecified atom stereocenters. The molecule has 0 aliphatic heterocycles. The van der Waals surface area contributed by atoms with Crippen LogP contribution in [0.15, 0.2) is 47.9 Å². The van der Waals surface area contributed by atoms with Gasteiger partial charge in [-0.15, -0.1) is 11.3 Å². The number of benzene rings is 1. The summed E-state index contributed by atoms with van der Waals surface area (Å²) >= 11 is 1.65. The molecule has 2 nitrogen and oxygen atoms in total. The summed E-state index contributed by atoms with van der Waals surface area (Å²) in [5.41, 5.74) is 2.45. The molecule has 1 heterocycles. The standard InChI is InChI=1S/C17H19NOS/c1-13-10-11-20-16(13)8-9-17(19)18-12-14(2)15-6-4-3-5-7-15/h3-11,14H,12H2,1-2H3,(H,18,19)/b9-8+/t14-/m0/s1. The highest BCUT2D eigenvalue weighted by Gasteiger charge is 2.05. The van der Waals surface area contributed by atoms with Crippen LogP contribution in [0.1, 0.15) is 28.8 Å². The van der Waals surface area contributed by atoms with Gasteiger partial charge in [0.1, 0.15) is 0 Å². The highest BCUT2D eigenvalue weighted by Crippen LogP contribution is 2.17. The average Bonchev–Trinajstić information content (AvgIpc) is 2.89. The highest BCUT2D eigenvalue weighted by atomic mass is 32.1. The average molecular weight is 285 g/mol. The molecule has 1 amide bonds. The molecule has 0 radical (unpaired) electrons. The molecule has 104 valence electrons. The predicted molar refractivity (Wildman–Crippen MR) is 86.0 cm³/mol. The van der Waals surface area contributed by atoms with Crippen LogP contribution in [0, 0.1) is 6.92 Å². The van der Waals surface area contributed by atoms with Crippen LogP contribution < -0.4 is 5.32 Å². The smallest absolute Gasteiger partial charge is 0.244 e. The van der Waals surface area contributed by atoms with Crippen molar-refractivity contribution in [1.29, 1.82) is 0 Å². The summed E-state index contributed by atoms with van der Waals surface area (Å²) < 4.78 is 0. The first-order chi connectivity index (χ1) is 9.66. The van der Waals surface area contributed by atoms with Crippen molar-refractivity contribution < 1.29 is 4.79 Å². The second kappa shape index (κ2) is 7.06. The van der Waals surface area contributed by atoms with Crippen molar-refractivity contribution in [3.05, 3.63) is 63.9 Å². The van der Waals surface area contributed by atoms with Crippen LogP contribution >= 0.6 is 11.3 Å². The van der Waals surface area contributed by atoms with E-state index in [-0.39, 0.29) is 5.91 Å². The Morgan fingerprint density at radius 2 is 2.05 bits per heavy atom. The van der Waals surface area contributed by atoms with E-state index in [1.165, 1.54) is 11.1 Å². The number of rotatable bonds is 5. The summed E-state index contributed by atoms with van der Waals surface area (Å²) in [5.74, 6) is 0.276. The third kappa shape index (κ3) is 4.07. The van der Waals surface area contributed by atoms with Crippen molar-refractivity contribution in [2.45, 2.75) is 19.8 Å². The zero-order valence-electron chi connectivity index (χ0n) is 11.8. The normalized spacial score (nSPS) is 12.5. The first-order valence-corrected chi connectivity index (χ1v) is 7.59. The Morgan fingerprint density at radius 1 is 1.30 bits per heavy atom. The topological polar surface area (TPSA) is 29.1 Å². The van der Waals surface area contributed by atoms with E-state index in [1.54, 1.807) is 17.4 Å². The number of hydrogen-bond acceptors (Lipinski definition) is 2. The molecule has 1 aromatic carbocycles. The molecule has 0 bridgehead atoms. The summed E-state index contributed by atoms with van der Waals surface area (Å²) in [5, 5.41) is 4.97. The molecule has 0 aliphatic rings. The second-order valence-corrected chi connectivity index (χ2v) is 5.81. The van der Waals surface area contributed by atoms with Crippen molar-refractivity contribution in [1.82, 2.24) is 5.32 Å². The molecule has 0 fully saturated rings. The monoisotopic (exact) mass is 285 g/mol. The van der Waals surface area contributed by atoms with Gasteiger partial charge < -0.3 is 5.32 Å². The molecule has 2 rings (SSSR count). The zero-order valence-corrected chi connectivity index (χ0v) is 12.6. The van der Waals surface area contributed by atoms with Crippen LogP contribution in [-0.2, 0) is 4.79 Å². The molecule has 2 aromatic rings. The molecule has 0 saturated heterocycles. The number of amides is 1. The summed E-state index contributed by atoms with van der Waals surface area (Å²) in [7, 11) is 0. The van der Waals surface area contributed by atoms with Gasteiger partial charge in [0.05, 0.1) is 0 Å². The number of aryl methyl sites for hydroxylation is 1. The highest BCUT2D eigenvalue weighted by molar-refractivity contribution is 7.11. The number of nitrogens with one attached hydrogen (secondary N) is 1. The fourth-order valence-corrected chi connectivity index (χ4v) is 2.74. The van der Waals surface area contributed by atoms with Gasteiger partial charge in [0.2, 0.25) is 5.91 Å². The van der Waals surface area contributed by atoms with E-state index in [2.05, 4.69) is 30.4 Å². The van der Waals surface area contributed by atoms with Crippen LogP contribution in [0.4, 0.5) is 0 Å². The predicted octanol–water partition coefficient (Wildman–Crippen LogP) is 3.99. The molecule has 1 aromatic heterocycles. The Kier molecular flexibility index (Phi) is 5.13. The first-order valence-electron chi connectivity index (χ1n) is 6.72. The van der Waals surface area contributed by atoms with Crippen LogP contribution in [0.2, 0.25) is 0 Å². The van der Waals surface area contributed by atoms with Gasteiger partial charge >= 0.3 is 0 Å². The Labute approximate surface area is 124 Å². The Morgan fingerprint density at radius 3 is 2.70 bits per heavy atom. The van der Waals surface area contributed by atoms with E-state index >= 15 is 0 Å². The molecule has 20 heavy (non-hydrogen) atoms. The maximum absolute atomic E-state index is 11.8. The molecule has 0 saturated carbocycles. The quantitative estimate of drug-likeness (QED) is 0.827. The van der Waals surface area contributed by atoms with Gasteiger partial charge in [0.25, 0.3) is 0 Å². The van der Waals surface area contributed by atoms with Gasteiger partial charge in [-0.1, -0.05) is 37.3 Å². The third-order valence-electron chi connectivity index (χ3n) is 3.24. The van der Waals surface area contributed by atoms with Crippen LogP contribution in [0.3, 0.4) is 0 Å². The minimum atomic E-state index is -0.0411. The maximum Gasteiger partial charge on any atom is 0.244 e. The molecule has 3 heteroatoms. The van der Waals surface area contributed by atoms with E-state index in [1.807, 2.05) is 36.6 Å². The van der Waals surface area contributed by atoms with Crippen molar-refractivity contribution in [3.63, 3.8) is 0 Å². The SMILES string of the molecule is Cc1ccsc1/C=C/C(=O)NC[C@H](C)c1ccccc1. The lowest BCUT2D eigenvalue weighted by Gasteiger charge is -2.11. The number of hydrogen-bond donors (Lipinski definition) is 1. The lowest BCUT2D eigenvalue weighted by molar-refractivity contribution is -0.116. The third-order valence-corrected chi connectivity index (χ3v) is 4.22. The van der Waals surface area contributed by atoms with Crippen molar-refractivity contribution in [3.8, 4) is 0 Å². The van der Waals surface area contributed by atoms with Crippen molar-refractivity contribution in [2.24, 2.45) is 0 Å². The summed E-state index contributed by atoms with van der Waals surface area (Å²) in [4.78, 5) is 12.9. The number of thiophene rings is 1. The van der Waals surface area contributed by atoms with E-state index in [0.717, 1.165) is 4.88 Å². The van der Waals surface area contributed by atoms with Crippen LogP contribution in [0.5, 0.6) is 0 Å². The fourth-order valence-electron chi connectivity index (χ4n) is 1.92. The van der Waals surface area contributed by atoms with Crippen molar-refractivity contribution in [2.75, 3.05) is 6.54 Å². The van der Waals surface area contributed by atoms with Gasteiger partial charge in [0, 0.05) is 17.5 Å². The van der Waals surface area contributed by atoms with Gasteiger partial charge in [-0.3, -0.25) is 4.79 Å². The van der Waals surface area contributed by atoms with E-state index in [0.29, 0.717) is 12.5 Å². The fraction of sp³-hybridized carbons (Fsp3) is 0.235. The van der Waals surface area contributed by atoms with Gasteiger partial charge in [-0.2, -0.15) is 0 Å². The molecule has 1 N–H and O–H groups in total. The summed E-state index contributed by atoms with van der Waals surface area (Å²) in [6, 6.07) is 12.3. The lowest BCUT2D eigenvalue weighted by atomic mass is 10.0. The van der Waals surface area contributed by atoms with E-state index in [9.17, 15) is 4.79 Å². The molecular formula is C17H19NOS. The van der Waals surface area contributed by atoms with E-state index < -0.39 is 0 Å². The lowest BCUT2D eigenvalue weighted by Crippen LogP contribution is -2.25. The Bertz CT molecular complexity index is 586. The van der Waals surface area contributed by atoms with Gasteiger partial charge in [-0.25, -0.2) is 0 Å². The van der Waals surface area contributed by atoms with Crippen LogP contribution in [-0.4, -0.2) is 12.5 Å². The number of carbonyl (C=O) groups excluding carboxylic acids is 1. The van der Waals surface area contributed by atoms with Gasteiger partial charge in [0.15, 0.2) is 0 Å².